The van der Waals surface area contributed by atoms with Crippen molar-refractivity contribution < 1.29 is 12.9 Å². The van der Waals surface area contributed by atoms with Crippen molar-refractivity contribution in [1.29, 1.82) is 0 Å². The first-order valence-electron chi connectivity index (χ1n) is 7.68. The van der Waals surface area contributed by atoms with Gasteiger partial charge < -0.3 is 4.52 Å². The van der Waals surface area contributed by atoms with Crippen LogP contribution in [0, 0.1) is 0 Å². The molecular weight excluding hydrogens is 370 g/mol. The zero-order valence-electron chi connectivity index (χ0n) is 13.4. The van der Waals surface area contributed by atoms with Crippen molar-refractivity contribution in [3.05, 3.63) is 72.1 Å². The van der Waals surface area contributed by atoms with E-state index in [-0.39, 0.29) is 4.90 Å². The fourth-order valence-electron chi connectivity index (χ4n) is 2.34. The first kappa shape index (κ1) is 16.5. The second kappa shape index (κ2) is 6.74. The lowest BCUT2D eigenvalue weighted by molar-refractivity contribution is 0.433. The zero-order valence-corrected chi connectivity index (χ0v) is 15.0. The molecule has 0 atom stereocenters. The predicted molar refractivity (Wildman–Crippen MR) is 100 cm³/mol. The van der Waals surface area contributed by atoms with E-state index < -0.39 is 10.0 Å². The Balaban J connectivity index is 1.54. The Labute approximate surface area is 154 Å². The molecule has 4 aromatic rings. The summed E-state index contributed by atoms with van der Waals surface area (Å²) in [6.07, 6.45) is 0. The molecule has 0 unspecified atom stereocenters. The van der Waals surface area contributed by atoms with Crippen LogP contribution in [0.2, 0.25) is 0 Å². The summed E-state index contributed by atoms with van der Waals surface area (Å²) in [5.74, 6) is 0.912. The number of thiophene rings is 1. The number of benzene rings is 2. The minimum atomic E-state index is -3.61. The Bertz CT molecular complexity index is 1100. The molecule has 0 amide bonds. The zero-order chi connectivity index (χ0) is 18.0. The van der Waals surface area contributed by atoms with Crippen LogP contribution in [0.3, 0.4) is 0 Å². The summed E-state index contributed by atoms with van der Waals surface area (Å²) < 4.78 is 32.5. The second-order valence-electron chi connectivity index (χ2n) is 5.40. The van der Waals surface area contributed by atoms with Crippen LogP contribution in [0.25, 0.3) is 22.2 Å². The second-order valence-corrected chi connectivity index (χ2v) is 8.03. The van der Waals surface area contributed by atoms with Gasteiger partial charge in [-0.15, -0.1) is 11.3 Å². The quantitative estimate of drug-likeness (QED) is 0.556. The summed E-state index contributed by atoms with van der Waals surface area (Å²) in [6.45, 7) is 0. The van der Waals surface area contributed by atoms with Gasteiger partial charge in [0, 0.05) is 11.3 Å². The fourth-order valence-corrected chi connectivity index (χ4v) is 4.07. The molecule has 130 valence electrons. The lowest BCUT2D eigenvalue weighted by Crippen LogP contribution is -2.12. The molecule has 0 aliphatic rings. The highest BCUT2D eigenvalue weighted by Gasteiger charge is 2.14. The summed E-state index contributed by atoms with van der Waals surface area (Å²) >= 11 is 1.52. The van der Waals surface area contributed by atoms with Crippen LogP contribution in [0.15, 0.2) is 81.5 Å². The fraction of sp³-hybridized carbons (Fsp3) is 0. The molecule has 1 N–H and O–H groups in total. The van der Waals surface area contributed by atoms with Crippen LogP contribution >= 0.6 is 11.3 Å². The van der Waals surface area contributed by atoms with E-state index in [1.165, 1.54) is 11.3 Å². The third-order valence-corrected chi connectivity index (χ3v) is 5.86. The molecule has 4 rings (SSSR count). The highest BCUT2D eigenvalue weighted by atomic mass is 32.2. The maximum atomic E-state index is 12.3. The van der Waals surface area contributed by atoms with E-state index in [1.54, 1.807) is 54.6 Å². The van der Waals surface area contributed by atoms with Crippen molar-refractivity contribution in [1.82, 2.24) is 10.1 Å². The van der Waals surface area contributed by atoms with E-state index in [9.17, 15) is 8.42 Å². The molecule has 0 bridgehead atoms. The van der Waals surface area contributed by atoms with Crippen LogP contribution in [0.4, 0.5) is 5.69 Å². The van der Waals surface area contributed by atoms with Crippen molar-refractivity contribution in [3.63, 3.8) is 0 Å². The molecule has 0 aliphatic carbocycles. The van der Waals surface area contributed by atoms with Gasteiger partial charge in [0.2, 0.25) is 5.82 Å². The van der Waals surface area contributed by atoms with E-state index in [0.29, 0.717) is 17.4 Å². The predicted octanol–water partition coefficient (Wildman–Crippen LogP) is 4.27. The molecule has 0 saturated carbocycles. The lowest BCUT2D eigenvalue weighted by atomic mass is 10.2. The highest BCUT2D eigenvalue weighted by molar-refractivity contribution is 7.92. The van der Waals surface area contributed by atoms with Crippen LogP contribution in [-0.4, -0.2) is 18.6 Å². The summed E-state index contributed by atoms with van der Waals surface area (Å²) in [5, 5.41) is 5.91. The van der Waals surface area contributed by atoms with Gasteiger partial charge in [0.05, 0.1) is 9.77 Å². The minimum absolute atomic E-state index is 0.211. The van der Waals surface area contributed by atoms with E-state index >= 15 is 0 Å². The van der Waals surface area contributed by atoms with Gasteiger partial charge in [0.1, 0.15) is 0 Å². The third-order valence-electron chi connectivity index (χ3n) is 3.61. The number of nitrogens with zero attached hydrogens (tertiary/aromatic N) is 2. The Morgan fingerprint density at radius 3 is 2.38 bits per heavy atom. The van der Waals surface area contributed by atoms with Crippen LogP contribution < -0.4 is 4.72 Å². The summed E-state index contributed by atoms with van der Waals surface area (Å²) in [7, 11) is -3.61. The Hall–Kier alpha value is -2.97. The van der Waals surface area contributed by atoms with Gasteiger partial charge in [-0.05, 0) is 47.8 Å². The maximum Gasteiger partial charge on any atom is 0.268 e. The number of nitrogens with one attached hydrogen (secondary N) is 1. The van der Waals surface area contributed by atoms with E-state index in [1.807, 2.05) is 17.5 Å². The molecule has 0 spiro atoms. The average molecular weight is 383 g/mol. The summed E-state index contributed by atoms with van der Waals surface area (Å²) in [4.78, 5) is 5.48. The SMILES string of the molecule is O=S(=O)(Nc1ccc(-c2noc(-c3cccs3)n2)cc1)c1ccccc1. The number of hydrogen-bond acceptors (Lipinski definition) is 6. The topological polar surface area (TPSA) is 85.1 Å². The molecule has 2 aromatic carbocycles. The number of aromatic nitrogens is 2. The van der Waals surface area contributed by atoms with Gasteiger partial charge >= 0.3 is 0 Å². The van der Waals surface area contributed by atoms with Gasteiger partial charge in [-0.2, -0.15) is 4.98 Å². The Morgan fingerprint density at radius 1 is 0.923 bits per heavy atom. The Kier molecular flexibility index (Phi) is 4.27. The van der Waals surface area contributed by atoms with E-state index in [4.69, 9.17) is 4.52 Å². The Morgan fingerprint density at radius 2 is 1.69 bits per heavy atom. The molecule has 0 radical (unpaired) electrons. The third kappa shape index (κ3) is 3.37. The van der Waals surface area contributed by atoms with Crippen LogP contribution in [0.5, 0.6) is 0 Å². The molecule has 0 aliphatic heterocycles. The first-order valence-corrected chi connectivity index (χ1v) is 10.0. The summed E-state index contributed by atoms with van der Waals surface area (Å²) in [5.41, 5.74) is 1.19. The van der Waals surface area contributed by atoms with Crippen molar-refractivity contribution in [2.24, 2.45) is 0 Å². The van der Waals surface area contributed by atoms with Gasteiger partial charge in [-0.3, -0.25) is 4.72 Å². The molecule has 6 nitrogen and oxygen atoms in total. The minimum Gasteiger partial charge on any atom is -0.333 e. The van der Waals surface area contributed by atoms with Crippen LogP contribution in [-0.2, 0) is 10.0 Å². The molecule has 8 heteroatoms. The smallest absolute Gasteiger partial charge is 0.268 e. The van der Waals surface area contributed by atoms with Gasteiger partial charge in [0.15, 0.2) is 0 Å². The highest BCUT2D eigenvalue weighted by Crippen LogP contribution is 2.26. The molecule has 26 heavy (non-hydrogen) atoms. The molecule has 2 aromatic heterocycles. The van der Waals surface area contributed by atoms with Gasteiger partial charge in [-0.1, -0.05) is 29.4 Å². The van der Waals surface area contributed by atoms with E-state index in [0.717, 1.165) is 10.4 Å². The van der Waals surface area contributed by atoms with Crippen molar-refractivity contribution in [3.8, 4) is 22.2 Å². The number of hydrogen-bond donors (Lipinski definition) is 1. The van der Waals surface area contributed by atoms with Crippen molar-refractivity contribution in [2.75, 3.05) is 4.72 Å². The molecular formula is C18H13N3O3S2. The normalized spacial score (nSPS) is 11.4. The first-order chi connectivity index (χ1) is 12.6. The molecule has 2 heterocycles. The molecule has 0 saturated heterocycles. The maximum absolute atomic E-state index is 12.3. The monoisotopic (exact) mass is 383 g/mol. The molecule has 0 fully saturated rings. The number of anilines is 1. The average Bonchev–Trinajstić information content (AvgIpc) is 3.34. The summed E-state index contributed by atoms with van der Waals surface area (Å²) in [6, 6.07) is 18.8. The largest absolute Gasteiger partial charge is 0.333 e. The van der Waals surface area contributed by atoms with Crippen molar-refractivity contribution in [2.45, 2.75) is 4.90 Å². The van der Waals surface area contributed by atoms with Crippen LogP contribution in [0.1, 0.15) is 0 Å². The van der Waals surface area contributed by atoms with E-state index in [2.05, 4.69) is 14.9 Å². The number of sulfonamides is 1. The van der Waals surface area contributed by atoms with Gasteiger partial charge in [0.25, 0.3) is 15.9 Å². The van der Waals surface area contributed by atoms with Crippen molar-refractivity contribution >= 4 is 27.0 Å². The lowest BCUT2D eigenvalue weighted by Gasteiger charge is -2.08. The standard InChI is InChI=1S/C18H13N3O3S2/c22-26(23,15-5-2-1-3-6-15)21-14-10-8-13(9-11-14)17-19-18(24-20-17)16-7-4-12-25-16/h1-12,21H. The number of rotatable bonds is 5. The van der Waals surface area contributed by atoms with Gasteiger partial charge in [-0.25, -0.2) is 8.42 Å².